The molecule has 2 aliphatic rings. The summed E-state index contributed by atoms with van der Waals surface area (Å²) >= 11 is 0. The van der Waals surface area contributed by atoms with Gasteiger partial charge in [-0.3, -0.25) is 9.52 Å². The van der Waals surface area contributed by atoms with Gasteiger partial charge in [0.25, 0.3) is 15.9 Å². The molecule has 1 amide bonds. The number of aromatic nitrogens is 1. The summed E-state index contributed by atoms with van der Waals surface area (Å²) in [6.07, 6.45) is 4.35. The van der Waals surface area contributed by atoms with E-state index in [0.717, 1.165) is 39.0 Å². The quantitative estimate of drug-likeness (QED) is 0.303. The number of sulfonamides is 1. The number of nitrogens with zero attached hydrogens (tertiary/aromatic N) is 2. The van der Waals surface area contributed by atoms with Crippen molar-refractivity contribution < 1.29 is 36.3 Å². The third kappa shape index (κ3) is 9.58. The van der Waals surface area contributed by atoms with Crippen molar-refractivity contribution in [2.45, 2.75) is 68.9 Å². The number of aliphatic carboxylic acids is 1. The summed E-state index contributed by atoms with van der Waals surface area (Å²) in [5.41, 5.74) is 1.87. The number of unbranched alkanes of at least 4 members (excludes halogenated alkanes) is 1. The number of carbonyl (C=O) groups is 2. The molecular formula is C28H38F3N5O5S. The zero-order valence-corrected chi connectivity index (χ0v) is 24.4. The van der Waals surface area contributed by atoms with Crippen LogP contribution in [0.25, 0.3) is 0 Å². The van der Waals surface area contributed by atoms with Gasteiger partial charge >= 0.3 is 12.1 Å². The van der Waals surface area contributed by atoms with Gasteiger partial charge in [-0.2, -0.15) is 13.2 Å². The predicted octanol–water partition coefficient (Wildman–Crippen LogP) is 4.50. The lowest BCUT2D eigenvalue weighted by molar-refractivity contribution is -0.192. The number of carboxylic acids is 1. The van der Waals surface area contributed by atoms with E-state index in [0.29, 0.717) is 23.8 Å². The third-order valence-corrected chi connectivity index (χ3v) is 8.50. The number of halogens is 3. The lowest BCUT2D eigenvalue weighted by atomic mass is 9.84. The fraction of sp³-hybridized carbons (Fsp3) is 0.536. The van der Waals surface area contributed by atoms with Crippen molar-refractivity contribution in [1.29, 1.82) is 0 Å². The Labute approximate surface area is 244 Å². The maximum atomic E-state index is 13.1. The maximum Gasteiger partial charge on any atom is 0.490 e. The van der Waals surface area contributed by atoms with E-state index in [1.54, 1.807) is 18.2 Å². The second-order valence-electron chi connectivity index (χ2n) is 10.3. The van der Waals surface area contributed by atoms with E-state index in [2.05, 4.69) is 32.2 Å². The average molecular weight is 614 g/mol. The first kappa shape index (κ1) is 33.1. The molecule has 1 saturated carbocycles. The second-order valence-corrected chi connectivity index (χ2v) is 11.9. The van der Waals surface area contributed by atoms with Crippen LogP contribution in [0.3, 0.4) is 0 Å². The minimum absolute atomic E-state index is 0.206. The number of hydrogen-bond acceptors (Lipinski definition) is 7. The minimum Gasteiger partial charge on any atom is -0.475 e. The van der Waals surface area contributed by atoms with E-state index < -0.39 is 22.2 Å². The van der Waals surface area contributed by atoms with E-state index in [9.17, 15) is 26.4 Å². The number of piperazine rings is 1. The largest absolute Gasteiger partial charge is 0.490 e. The zero-order chi connectivity index (χ0) is 30.8. The molecule has 10 nitrogen and oxygen atoms in total. The van der Waals surface area contributed by atoms with Crippen molar-refractivity contribution in [3.63, 3.8) is 0 Å². The van der Waals surface area contributed by atoms with Gasteiger partial charge < -0.3 is 20.6 Å². The molecule has 232 valence electrons. The van der Waals surface area contributed by atoms with E-state index in [4.69, 9.17) is 9.90 Å². The number of pyridine rings is 1. The third-order valence-electron chi connectivity index (χ3n) is 7.11. The summed E-state index contributed by atoms with van der Waals surface area (Å²) in [5, 5.41) is 13.4. The van der Waals surface area contributed by atoms with Gasteiger partial charge in [-0.15, -0.1) is 0 Å². The van der Waals surface area contributed by atoms with Gasteiger partial charge in [0, 0.05) is 32.7 Å². The first-order valence-corrected chi connectivity index (χ1v) is 15.6. The summed E-state index contributed by atoms with van der Waals surface area (Å²) in [5.74, 6) is -1.89. The highest BCUT2D eigenvalue weighted by Crippen LogP contribution is 2.33. The SMILES string of the molecule is CCCCNC(=O)c1cc(NS(=O)(=O)c2ccc(C3CCCCC3)cc2)cnc1N1CCNCC1.O=C(O)C(F)(F)F. The number of nitrogens with one attached hydrogen (secondary N) is 3. The molecule has 1 aliphatic heterocycles. The standard InChI is InChI=1S/C26H37N5O3S.C2HF3O2/c1-2-3-13-28-26(32)24-18-22(19-29-25(24)31-16-14-27-15-17-31)30-35(33,34)23-11-9-21(10-12-23)20-7-5-4-6-8-20;3-2(4,5)1(6)7/h9-12,18-20,27,30H,2-8,13-17H2,1H3,(H,28,32);(H,6,7). The molecule has 0 unspecified atom stereocenters. The van der Waals surface area contributed by atoms with Crippen LogP contribution in [0.15, 0.2) is 41.4 Å². The van der Waals surface area contributed by atoms with Crippen LogP contribution >= 0.6 is 0 Å². The fourth-order valence-corrected chi connectivity index (χ4v) is 5.89. The molecule has 2 heterocycles. The first-order valence-electron chi connectivity index (χ1n) is 14.1. The lowest BCUT2D eigenvalue weighted by Crippen LogP contribution is -2.44. The summed E-state index contributed by atoms with van der Waals surface area (Å²) in [4.78, 5) is 28.7. The number of carbonyl (C=O) groups excluding carboxylic acids is 1. The molecular weight excluding hydrogens is 575 g/mol. The van der Waals surface area contributed by atoms with Crippen LogP contribution in [-0.4, -0.2) is 69.3 Å². The Morgan fingerprint density at radius 2 is 1.71 bits per heavy atom. The van der Waals surface area contributed by atoms with E-state index >= 15 is 0 Å². The molecule has 1 aromatic heterocycles. The van der Waals surface area contributed by atoms with Crippen molar-refractivity contribution in [2.24, 2.45) is 0 Å². The molecule has 1 saturated heterocycles. The zero-order valence-electron chi connectivity index (χ0n) is 23.5. The van der Waals surface area contributed by atoms with Crippen LogP contribution in [0.2, 0.25) is 0 Å². The highest BCUT2D eigenvalue weighted by atomic mass is 32.2. The number of amides is 1. The molecule has 4 N–H and O–H groups in total. The minimum atomic E-state index is -5.08. The van der Waals surface area contributed by atoms with E-state index in [-0.39, 0.29) is 16.5 Å². The molecule has 0 spiro atoms. The Kier molecular flexibility index (Phi) is 12.0. The highest BCUT2D eigenvalue weighted by Gasteiger charge is 2.38. The van der Waals surface area contributed by atoms with Gasteiger partial charge in [-0.1, -0.05) is 44.7 Å². The summed E-state index contributed by atoms with van der Waals surface area (Å²) in [6.45, 7) is 5.73. The van der Waals surface area contributed by atoms with E-state index in [1.165, 1.54) is 43.9 Å². The van der Waals surface area contributed by atoms with Crippen molar-refractivity contribution in [1.82, 2.24) is 15.6 Å². The normalized spacial score (nSPS) is 16.2. The van der Waals surface area contributed by atoms with Crippen molar-refractivity contribution >= 4 is 33.4 Å². The smallest absolute Gasteiger partial charge is 0.475 e. The van der Waals surface area contributed by atoms with Crippen molar-refractivity contribution in [3.05, 3.63) is 47.7 Å². The van der Waals surface area contributed by atoms with Gasteiger partial charge in [-0.25, -0.2) is 18.2 Å². The Morgan fingerprint density at radius 1 is 1.10 bits per heavy atom. The topological polar surface area (TPSA) is 141 Å². The molecule has 2 fully saturated rings. The molecule has 0 bridgehead atoms. The van der Waals surface area contributed by atoms with Crippen LogP contribution in [0, 0.1) is 0 Å². The highest BCUT2D eigenvalue weighted by molar-refractivity contribution is 7.92. The predicted molar refractivity (Wildman–Crippen MR) is 153 cm³/mol. The van der Waals surface area contributed by atoms with Crippen LogP contribution in [0.5, 0.6) is 0 Å². The molecule has 0 radical (unpaired) electrons. The summed E-state index contributed by atoms with van der Waals surface area (Å²) in [7, 11) is -3.81. The first-order chi connectivity index (χ1) is 19.9. The van der Waals surface area contributed by atoms with Crippen LogP contribution in [0.4, 0.5) is 24.7 Å². The monoisotopic (exact) mass is 613 g/mol. The van der Waals surface area contributed by atoms with Gasteiger partial charge in [0.1, 0.15) is 5.82 Å². The second kappa shape index (κ2) is 15.2. The molecule has 0 atom stereocenters. The Hall–Kier alpha value is -3.39. The molecule has 14 heteroatoms. The van der Waals surface area contributed by atoms with Gasteiger partial charge in [0.05, 0.1) is 22.3 Å². The molecule has 42 heavy (non-hydrogen) atoms. The van der Waals surface area contributed by atoms with Gasteiger partial charge in [0.2, 0.25) is 0 Å². The summed E-state index contributed by atoms with van der Waals surface area (Å²) < 4.78 is 60.6. The maximum absolute atomic E-state index is 13.1. The van der Waals surface area contributed by atoms with Gasteiger partial charge in [0.15, 0.2) is 0 Å². The molecule has 4 rings (SSSR count). The Balaban J connectivity index is 0.000000616. The van der Waals surface area contributed by atoms with Crippen molar-refractivity contribution in [2.75, 3.05) is 42.3 Å². The number of benzene rings is 1. The van der Waals surface area contributed by atoms with Crippen LogP contribution < -0.4 is 20.3 Å². The van der Waals surface area contributed by atoms with E-state index in [1.807, 2.05) is 12.1 Å². The molecule has 1 aliphatic carbocycles. The number of carboxylic acid groups (broad SMARTS) is 1. The average Bonchev–Trinajstić information content (AvgIpc) is 2.98. The molecule has 1 aromatic carbocycles. The number of hydrogen-bond donors (Lipinski definition) is 4. The van der Waals surface area contributed by atoms with Crippen LogP contribution in [0.1, 0.15) is 73.7 Å². The lowest BCUT2D eigenvalue weighted by Gasteiger charge is -2.30. The van der Waals surface area contributed by atoms with Crippen LogP contribution in [-0.2, 0) is 14.8 Å². The van der Waals surface area contributed by atoms with Gasteiger partial charge in [-0.05, 0) is 48.9 Å². The number of alkyl halides is 3. The molecule has 2 aromatic rings. The fourth-order valence-electron chi connectivity index (χ4n) is 4.85. The Morgan fingerprint density at radius 3 is 2.29 bits per heavy atom. The number of anilines is 2. The summed E-state index contributed by atoms with van der Waals surface area (Å²) in [6, 6.07) is 8.81. The number of rotatable bonds is 9. The van der Waals surface area contributed by atoms with Crippen molar-refractivity contribution in [3.8, 4) is 0 Å². The Bertz CT molecular complexity index is 1290.